The van der Waals surface area contributed by atoms with Crippen molar-refractivity contribution in [2.24, 2.45) is 5.92 Å². The van der Waals surface area contributed by atoms with Gasteiger partial charge in [0.2, 0.25) is 11.8 Å². The second kappa shape index (κ2) is 7.95. The summed E-state index contributed by atoms with van der Waals surface area (Å²) in [5.74, 6) is 0.924. The van der Waals surface area contributed by atoms with Crippen LogP contribution >= 0.6 is 0 Å². The number of piperidine rings is 1. The summed E-state index contributed by atoms with van der Waals surface area (Å²) in [7, 11) is 5.01. The standard InChI is InChI=1S/C19H27N3O4/c1-21(14-6-8-20-9-7-14)19(24)13-10-18(23)22(12-13)16-5-4-15(25-2)11-17(16)26-3/h4-5,11,13-14,20H,6-10,12H2,1-3H3. The van der Waals surface area contributed by atoms with Crippen LogP contribution in [0.25, 0.3) is 0 Å². The SMILES string of the molecule is COc1ccc(N2CC(C(=O)N(C)C3CCNCC3)CC2=O)c(OC)c1. The highest BCUT2D eigenvalue weighted by atomic mass is 16.5. The van der Waals surface area contributed by atoms with Crippen LogP contribution in [0.2, 0.25) is 0 Å². The van der Waals surface area contributed by atoms with Gasteiger partial charge in [-0.3, -0.25) is 9.59 Å². The van der Waals surface area contributed by atoms with Gasteiger partial charge in [-0.25, -0.2) is 0 Å². The summed E-state index contributed by atoms with van der Waals surface area (Å²) in [5.41, 5.74) is 0.679. The van der Waals surface area contributed by atoms with E-state index in [0.29, 0.717) is 23.7 Å². The zero-order valence-electron chi connectivity index (χ0n) is 15.7. The fourth-order valence-corrected chi connectivity index (χ4v) is 3.78. The van der Waals surface area contributed by atoms with Gasteiger partial charge in [0.05, 0.1) is 25.8 Å². The molecule has 1 unspecified atom stereocenters. The van der Waals surface area contributed by atoms with Crippen molar-refractivity contribution in [1.82, 2.24) is 10.2 Å². The number of anilines is 1. The predicted molar refractivity (Wildman–Crippen MR) is 98.7 cm³/mol. The van der Waals surface area contributed by atoms with E-state index in [-0.39, 0.29) is 30.2 Å². The number of hydrogen-bond donors (Lipinski definition) is 1. The molecule has 1 N–H and O–H groups in total. The van der Waals surface area contributed by atoms with E-state index in [1.165, 1.54) is 0 Å². The Morgan fingerprint density at radius 2 is 1.96 bits per heavy atom. The van der Waals surface area contributed by atoms with Crippen molar-refractivity contribution in [3.8, 4) is 11.5 Å². The van der Waals surface area contributed by atoms with Gasteiger partial charge in [0, 0.05) is 32.1 Å². The molecule has 0 bridgehead atoms. The summed E-state index contributed by atoms with van der Waals surface area (Å²) in [6.45, 7) is 2.25. The van der Waals surface area contributed by atoms with Gasteiger partial charge < -0.3 is 24.6 Å². The van der Waals surface area contributed by atoms with Crippen LogP contribution in [0.1, 0.15) is 19.3 Å². The van der Waals surface area contributed by atoms with Crippen LogP contribution in [0.3, 0.4) is 0 Å². The third-order valence-electron chi connectivity index (χ3n) is 5.36. The molecule has 142 valence electrons. The molecule has 1 aromatic rings. The summed E-state index contributed by atoms with van der Waals surface area (Å²) in [6.07, 6.45) is 2.15. The van der Waals surface area contributed by atoms with Crippen molar-refractivity contribution in [2.75, 3.05) is 45.8 Å². The molecular weight excluding hydrogens is 334 g/mol. The number of nitrogens with one attached hydrogen (secondary N) is 1. The molecule has 2 aliphatic heterocycles. The number of benzene rings is 1. The lowest BCUT2D eigenvalue weighted by Gasteiger charge is -2.33. The number of amides is 2. The van der Waals surface area contributed by atoms with E-state index >= 15 is 0 Å². The quantitative estimate of drug-likeness (QED) is 0.855. The number of ether oxygens (including phenoxy) is 2. The zero-order chi connectivity index (χ0) is 18.7. The first kappa shape index (κ1) is 18.5. The lowest BCUT2D eigenvalue weighted by atomic mass is 10.0. The highest BCUT2D eigenvalue weighted by molar-refractivity contribution is 6.01. The molecule has 3 rings (SSSR count). The van der Waals surface area contributed by atoms with Crippen molar-refractivity contribution in [2.45, 2.75) is 25.3 Å². The zero-order valence-corrected chi connectivity index (χ0v) is 15.7. The fraction of sp³-hybridized carbons (Fsp3) is 0.579. The highest BCUT2D eigenvalue weighted by Crippen LogP contribution is 2.36. The molecular formula is C19H27N3O4. The van der Waals surface area contributed by atoms with Gasteiger partial charge in [-0.1, -0.05) is 0 Å². The van der Waals surface area contributed by atoms with Crippen LogP contribution in [-0.4, -0.2) is 63.7 Å². The van der Waals surface area contributed by atoms with Crippen molar-refractivity contribution in [3.05, 3.63) is 18.2 Å². The van der Waals surface area contributed by atoms with Gasteiger partial charge in [-0.15, -0.1) is 0 Å². The maximum Gasteiger partial charge on any atom is 0.228 e. The third-order valence-corrected chi connectivity index (χ3v) is 5.36. The van der Waals surface area contributed by atoms with E-state index < -0.39 is 0 Å². The summed E-state index contributed by atoms with van der Waals surface area (Å²) in [5, 5.41) is 3.31. The minimum atomic E-state index is -0.311. The van der Waals surface area contributed by atoms with Gasteiger partial charge >= 0.3 is 0 Å². The van der Waals surface area contributed by atoms with Crippen molar-refractivity contribution in [1.29, 1.82) is 0 Å². The normalized spacial score (nSPS) is 21.0. The minimum absolute atomic E-state index is 0.0504. The maximum atomic E-state index is 12.9. The van der Waals surface area contributed by atoms with Gasteiger partial charge in [0.1, 0.15) is 11.5 Å². The van der Waals surface area contributed by atoms with E-state index in [1.807, 2.05) is 11.9 Å². The summed E-state index contributed by atoms with van der Waals surface area (Å²) < 4.78 is 10.6. The lowest BCUT2D eigenvalue weighted by molar-refractivity contribution is -0.137. The minimum Gasteiger partial charge on any atom is -0.497 e. The molecule has 2 aliphatic rings. The van der Waals surface area contributed by atoms with Gasteiger partial charge in [-0.05, 0) is 38.1 Å². The molecule has 0 aromatic heterocycles. The topological polar surface area (TPSA) is 71.1 Å². The Kier molecular flexibility index (Phi) is 5.66. The Labute approximate surface area is 154 Å². The van der Waals surface area contributed by atoms with Crippen LogP contribution in [-0.2, 0) is 9.59 Å². The van der Waals surface area contributed by atoms with Crippen molar-refractivity contribution >= 4 is 17.5 Å². The number of hydrogen-bond acceptors (Lipinski definition) is 5. The average molecular weight is 361 g/mol. The van der Waals surface area contributed by atoms with Crippen LogP contribution in [0, 0.1) is 5.92 Å². The molecule has 7 heteroatoms. The molecule has 2 amide bonds. The van der Waals surface area contributed by atoms with Gasteiger partial charge in [0.25, 0.3) is 0 Å². The molecule has 7 nitrogen and oxygen atoms in total. The van der Waals surface area contributed by atoms with E-state index in [0.717, 1.165) is 25.9 Å². The van der Waals surface area contributed by atoms with Crippen LogP contribution < -0.4 is 19.7 Å². The first-order chi connectivity index (χ1) is 12.5. The molecule has 0 aliphatic carbocycles. The second-order valence-corrected chi connectivity index (χ2v) is 6.87. The molecule has 2 fully saturated rings. The largest absolute Gasteiger partial charge is 0.497 e. The van der Waals surface area contributed by atoms with E-state index in [2.05, 4.69) is 5.32 Å². The van der Waals surface area contributed by atoms with E-state index in [9.17, 15) is 9.59 Å². The van der Waals surface area contributed by atoms with Crippen LogP contribution in [0.4, 0.5) is 5.69 Å². The Hall–Kier alpha value is -2.28. The van der Waals surface area contributed by atoms with Crippen LogP contribution in [0.15, 0.2) is 18.2 Å². The molecule has 26 heavy (non-hydrogen) atoms. The average Bonchev–Trinajstić information content (AvgIpc) is 3.08. The second-order valence-electron chi connectivity index (χ2n) is 6.87. The fourth-order valence-electron chi connectivity index (χ4n) is 3.78. The molecule has 1 aromatic carbocycles. The Morgan fingerprint density at radius 3 is 2.62 bits per heavy atom. The van der Waals surface area contributed by atoms with Gasteiger partial charge in [-0.2, -0.15) is 0 Å². The number of nitrogens with zero attached hydrogens (tertiary/aromatic N) is 2. The smallest absolute Gasteiger partial charge is 0.228 e. The monoisotopic (exact) mass is 361 g/mol. The summed E-state index contributed by atoms with van der Waals surface area (Å²) in [6, 6.07) is 5.60. The Morgan fingerprint density at radius 1 is 1.23 bits per heavy atom. The number of carbonyl (C=O) groups is 2. The predicted octanol–water partition coefficient (Wildman–Crippen LogP) is 1.27. The molecule has 2 saturated heterocycles. The number of methoxy groups -OCH3 is 2. The Balaban J connectivity index is 1.73. The van der Waals surface area contributed by atoms with E-state index in [1.54, 1.807) is 37.3 Å². The number of rotatable bonds is 5. The van der Waals surface area contributed by atoms with Crippen LogP contribution in [0.5, 0.6) is 11.5 Å². The first-order valence-corrected chi connectivity index (χ1v) is 9.05. The maximum absolute atomic E-state index is 12.9. The molecule has 0 radical (unpaired) electrons. The summed E-state index contributed by atoms with van der Waals surface area (Å²) >= 11 is 0. The van der Waals surface area contributed by atoms with Gasteiger partial charge in [0.15, 0.2) is 0 Å². The molecule has 0 spiro atoms. The molecule has 0 saturated carbocycles. The third kappa shape index (κ3) is 3.62. The first-order valence-electron chi connectivity index (χ1n) is 9.05. The van der Waals surface area contributed by atoms with Crippen molar-refractivity contribution in [3.63, 3.8) is 0 Å². The summed E-state index contributed by atoms with van der Waals surface area (Å²) in [4.78, 5) is 29.0. The Bertz CT molecular complexity index is 673. The van der Waals surface area contributed by atoms with Crippen molar-refractivity contribution < 1.29 is 19.1 Å². The van der Waals surface area contributed by atoms with E-state index in [4.69, 9.17) is 9.47 Å². The number of carbonyl (C=O) groups excluding carboxylic acids is 2. The highest BCUT2D eigenvalue weighted by Gasteiger charge is 2.38. The lowest BCUT2D eigenvalue weighted by Crippen LogP contribution is -2.46. The molecule has 2 heterocycles. The molecule has 1 atom stereocenters.